The van der Waals surface area contributed by atoms with Crippen LogP contribution >= 0.6 is 0 Å². The number of Topliss-reactive ketones (excluding diaryl/α,β-unsaturated/α-hetero) is 1. The van der Waals surface area contributed by atoms with E-state index in [1.807, 2.05) is 20.8 Å². The Morgan fingerprint density at radius 3 is 2.87 bits per heavy atom. The van der Waals surface area contributed by atoms with E-state index >= 15 is 0 Å². The molecule has 162 valence electrons. The molecule has 1 spiro atoms. The Bertz CT molecular complexity index is 1120. The van der Waals surface area contributed by atoms with Crippen molar-refractivity contribution in [2.75, 3.05) is 31.1 Å². The Balaban J connectivity index is 1.45. The maximum Gasteiger partial charge on any atom is 0.171 e. The molecule has 6 heteroatoms. The van der Waals surface area contributed by atoms with Crippen molar-refractivity contribution in [1.82, 2.24) is 20.3 Å². The lowest BCUT2D eigenvalue weighted by molar-refractivity contribution is 0.0860. The fraction of sp³-hybridized carbons (Fsp3) is 0.480. The van der Waals surface area contributed by atoms with Crippen molar-refractivity contribution in [3.8, 4) is 11.3 Å². The van der Waals surface area contributed by atoms with Crippen LogP contribution in [0.2, 0.25) is 0 Å². The van der Waals surface area contributed by atoms with Gasteiger partial charge in [0.2, 0.25) is 0 Å². The summed E-state index contributed by atoms with van der Waals surface area (Å²) in [4.78, 5) is 27.9. The zero-order chi connectivity index (χ0) is 21.6. The van der Waals surface area contributed by atoms with Gasteiger partial charge in [-0.3, -0.25) is 4.79 Å². The smallest absolute Gasteiger partial charge is 0.171 e. The number of aromatic nitrogens is 3. The second-order valence-corrected chi connectivity index (χ2v) is 10.2. The maximum atomic E-state index is 12.9. The SMILES string of the molecule is CC(C)(C)C(=O)c1c[nH]c2ncc(-c3cccc(N4CCC5(CCCNC5)C4)c3)nc12. The molecule has 1 unspecified atom stereocenters. The van der Waals surface area contributed by atoms with Gasteiger partial charge in [-0.2, -0.15) is 0 Å². The van der Waals surface area contributed by atoms with E-state index in [9.17, 15) is 4.79 Å². The highest BCUT2D eigenvalue weighted by Crippen LogP contribution is 2.39. The molecule has 0 saturated carbocycles. The minimum atomic E-state index is -0.466. The zero-order valence-corrected chi connectivity index (χ0v) is 18.7. The van der Waals surface area contributed by atoms with Crippen LogP contribution in [-0.2, 0) is 0 Å². The lowest BCUT2D eigenvalue weighted by atomic mass is 9.80. The molecular formula is C25H31N5O. The Labute approximate surface area is 183 Å². The first-order valence-electron chi connectivity index (χ1n) is 11.3. The Hall–Kier alpha value is -2.73. The molecule has 0 bridgehead atoms. The van der Waals surface area contributed by atoms with E-state index in [0.29, 0.717) is 22.1 Å². The molecule has 31 heavy (non-hydrogen) atoms. The number of anilines is 1. The predicted octanol–water partition coefficient (Wildman–Crippen LogP) is 4.43. The molecule has 2 aromatic heterocycles. The van der Waals surface area contributed by atoms with Crippen molar-refractivity contribution in [2.45, 2.75) is 40.0 Å². The maximum absolute atomic E-state index is 12.9. The van der Waals surface area contributed by atoms with Crippen LogP contribution in [-0.4, -0.2) is 46.9 Å². The molecule has 4 heterocycles. The standard InChI is InChI=1S/C25H31N5O/c1-24(2,3)22(31)19-13-27-23-21(19)29-20(14-28-23)17-6-4-7-18(12-17)30-11-9-25(16-30)8-5-10-26-15-25/h4,6-7,12-14,26H,5,8-11,15-16H2,1-3H3,(H,27,28). The molecule has 2 saturated heterocycles. The number of carbonyl (C=O) groups excluding carboxylic acids is 1. The molecular weight excluding hydrogens is 386 g/mol. The Morgan fingerprint density at radius 1 is 1.23 bits per heavy atom. The summed E-state index contributed by atoms with van der Waals surface area (Å²) in [6.45, 7) is 10.3. The number of fused-ring (bicyclic) bond motifs is 1. The Kier molecular flexibility index (Phi) is 4.85. The van der Waals surface area contributed by atoms with Gasteiger partial charge in [0.25, 0.3) is 0 Å². The molecule has 2 aliphatic heterocycles. The summed E-state index contributed by atoms with van der Waals surface area (Å²) in [7, 11) is 0. The monoisotopic (exact) mass is 417 g/mol. The highest BCUT2D eigenvalue weighted by molar-refractivity contribution is 6.08. The number of hydrogen-bond acceptors (Lipinski definition) is 5. The van der Waals surface area contributed by atoms with Crippen LogP contribution in [0.15, 0.2) is 36.7 Å². The molecule has 1 atom stereocenters. The summed E-state index contributed by atoms with van der Waals surface area (Å²) in [6, 6.07) is 8.57. The number of piperidine rings is 1. The van der Waals surface area contributed by atoms with Gasteiger partial charge in [-0.15, -0.1) is 0 Å². The lowest BCUT2D eigenvalue weighted by Crippen LogP contribution is -2.41. The van der Waals surface area contributed by atoms with Gasteiger partial charge in [-0.25, -0.2) is 9.97 Å². The van der Waals surface area contributed by atoms with Gasteiger partial charge in [-0.1, -0.05) is 32.9 Å². The average molecular weight is 418 g/mol. The quantitative estimate of drug-likeness (QED) is 0.617. The summed E-state index contributed by atoms with van der Waals surface area (Å²) in [5.41, 5.74) is 4.93. The van der Waals surface area contributed by atoms with Gasteiger partial charge in [0.1, 0.15) is 5.52 Å². The van der Waals surface area contributed by atoms with Gasteiger partial charge < -0.3 is 15.2 Å². The fourth-order valence-electron chi connectivity index (χ4n) is 5.00. The summed E-state index contributed by atoms with van der Waals surface area (Å²) < 4.78 is 0. The van der Waals surface area contributed by atoms with Gasteiger partial charge in [0.05, 0.1) is 17.5 Å². The number of nitrogens with one attached hydrogen (secondary N) is 2. The highest BCUT2D eigenvalue weighted by atomic mass is 16.1. The highest BCUT2D eigenvalue weighted by Gasteiger charge is 2.39. The largest absolute Gasteiger partial charge is 0.371 e. The average Bonchev–Trinajstić information content (AvgIpc) is 3.37. The first-order chi connectivity index (χ1) is 14.8. The third-order valence-corrected chi connectivity index (χ3v) is 6.81. The van der Waals surface area contributed by atoms with Crippen LogP contribution in [0.5, 0.6) is 0 Å². The van der Waals surface area contributed by atoms with Crippen LogP contribution in [0, 0.1) is 10.8 Å². The number of aromatic amines is 1. The zero-order valence-electron chi connectivity index (χ0n) is 18.7. The van der Waals surface area contributed by atoms with E-state index in [2.05, 4.69) is 44.5 Å². The van der Waals surface area contributed by atoms with Crippen LogP contribution in [0.1, 0.15) is 50.4 Å². The minimum absolute atomic E-state index is 0.0717. The van der Waals surface area contributed by atoms with E-state index in [1.54, 1.807) is 12.4 Å². The molecule has 0 radical (unpaired) electrons. The van der Waals surface area contributed by atoms with E-state index in [1.165, 1.54) is 24.9 Å². The lowest BCUT2D eigenvalue weighted by Gasteiger charge is -2.34. The number of hydrogen-bond donors (Lipinski definition) is 2. The molecule has 5 rings (SSSR count). The van der Waals surface area contributed by atoms with Crippen LogP contribution in [0.25, 0.3) is 22.4 Å². The third kappa shape index (κ3) is 3.74. The molecule has 3 aromatic rings. The summed E-state index contributed by atoms with van der Waals surface area (Å²) >= 11 is 0. The number of ketones is 1. The predicted molar refractivity (Wildman–Crippen MR) is 124 cm³/mol. The topological polar surface area (TPSA) is 73.9 Å². The summed E-state index contributed by atoms with van der Waals surface area (Å²) in [5.74, 6) is 0.0717. The van der Waals surface area contributed by atoms with E-state index in [4.69, 9.17) is 4.98 Å². The first kappa shape index (κ1) is 20.2. The van der Waals surface area contributed by atoms with E-state index in [-0.39, 0.29) is 5.78 Å². The van der Waals surface area contributed by atoms with Gasteiger partial charge in [0, 0.05) is 47.9 Å². The molecule has 0 amide bonds. The molecule has 0 aliphatic carbocycles. The molecule has 6 nitrogen and oxygen atoms in total. The number of rotatable bonds is 3. The Morgan fingerprint density at radius 2 is 2.10 bits per heavy atom. The van der Waals surface area contributed by atoms with Crippen molar-refractivity contribution < 1.29 is 4.79 Å². The number of nitrogens with zero attached hydrogens (tertiary/aromatic N) is 3. The van der Waals surface area contributed by atoms with Crippen LogP contribution in [0.3, 0.4) is 0 Å². The summed E-state index contributed by atoms with van der Waals surface area (Å²) in [5, 5.41) is 3.59. The third-order valence-electron chi connectivity index (χ3n) is 6.81. The van der Waals surface area contributed by atoms with Crippen molar-refractivity contribution in [2.24, 2.45) is 10.8 Å². The van der Waals surface area contributed by atoms with Crippen molar-refractivity contribution in [3.05, 3.63) is 42.2 Å². The molecule has 1 aromatic carbocycles. The van der Waals surface area contributed by atoms with Gasteiger partial charge in [-0.05, 0) is 37.9 Å². The van der Waals surface area contributed by atoms with E-state index < -0.39 is 5.41 Å². The minimum Gasteiger partial charge on any atom is -0.371 e. The van der Waals surface area contributed by atoms with Crippen LogP contribution in [0.4, 0.5) is 5.69 Å². The van der Waals surface area contributed by atoms with Crippen molar-refractivity contribution >= 4 is 22.6 Å². The molecule has 2 fully saturated rings. The van der Waals surface area contributed by atoms with E-state index in [0.717, 1.165) is 37.4 Å². The number of benzene rings is 1. The number of carbonyl (C=O) groups is 1. The van der Waals surface area contributed by atoms with Crippen LogP contribution < -0.4 is 10.2 Å². The molecule has 2 N–H and O–H groups in total. The van der Waals surface area contributed by atoms with Gasteiger partial charge in [0.15, 0.2) is 11.4 Å². The van der Waals surface area contributed by atoms with Crippen molar-refractivity contribution in [1.29, 1.82) is 0 Å². The second kappa shape index (κ2) is 7.45. The number of H-pyrrole nitrogens is 1. The summed E-state index contributed by atoms with van der Waals surface area (Å²) in [6.07, 6.45) is 7.37. The second-order valence-electron chi connectivity index (χ2n) is 10.2. The van der Waals surface area contributed by atoms with Crippen molar-refractivity contribution in [3.63, 3.8) is 0 Å². The normalized spacial score (nSPS) is 21.8. The first-order valence-corrected chi connectivity index (χ1v) is 11.3. The van der Waals surface area contributed by atoms with Gasteiger partial charge >= 0.3 is 0 Å². The fourth-order valence-corrected chi connectivity index (χ4v) is 5.00. The molecule has 2 aliphatic rings.